The topological polar surface area (TPSA) is 102 Å². The highest BCUT2D eigenvalue weighted by molar-refractivity contribution is 6.23. The zero-order valence-corrected chi connectivity index (χ0v) is 18.6. The van der Waals surface area contributed by atoms with Crippen LogP contribution in [0.25, 0.3) is 0 Å². The highest BCUT2D eigenvalue weighted by atomic mass is 16.2. The predicted octanol–water partition coefficient (Wildman–Crippen LogP) is 0.350. The largest absolute Gasteiger partial charge is 0.368 e. The third-order valence-corrected chi connectivity index (χ3v) is 8.06. The zero-order valence-electron chi connectivity index (χ0n) is 18.6. The summed E-state index contributed by atoms with van der Waals surface area (Å²) >= 11 is 0. The second kappa shape index (κ2) is 7.92. The Balaban J connectivity index is 1.16. The van der Waals surface area contributed by atoms with E-state index in [-0.39, 0.29) is 18.7 Å². The van der Waals surface area contributed by atoms with Crippen molar-refractivity contribution in [2.75, 3.05) is 37.6 Å². The molecule has 3 unspecified atom stereocenters. The maximum absolute atomic E-state index is 13.1. The average molecular weight is 452 g/mol. The van der Waals surface area contributed by atoms with Crippen LogP contribution in [0.1, 0.15) is 52.8 Å². The number of piperidine rings is 3. The summed E-state index contributed by atoms with van der Waals surface area (Å²) < 4.78 is 0. The summed E-state index contributed by atoms with van der Waals surface area (Å²) in [4.78, 5) is 55.8. The number of nitrogens with one attached hydrogen (secondary N) is 2. The zero-order chi connectivity index (χ0) is 22.7. The molecule has 7 rings (SSSR count). The molecule has 0 saturated carbocycles. The van der Waals surface area contributed by atoms with E-state index in [0.717, 1.165) is 42.7 Å². The Labute approximate surface area is 192 Å². The average Bonchev–Trinajstić information content (AvgIpc) is 3.08. The Bertz CT molecular complexity index is 1020. The van der Waals surface area contributed by atoms with Crippen molar-refractivity contribution in [2.24, 2.45) is 5.92 Å². The molecule has 6 aliphatic heterocycles. The molecule has 1 aromatic carbocycles. The molecule has 9 nitrogen and oxygen atoms in total. The normalized spacial score (nSPS) is 30.4. The molecular formula is C24H29N5O4. The number of piperazine rings is 1. The van der Waals surface area contributed by atoms with Crippen LogP contribution in [0, 0.1) is 5.92 Å². The number of nitrogens with zero attached hydrogens (tertiary/aromatic N) is 3. The number of carbonyl (C=O) groups is 4. The molecule has 0 aliphatic carbocycles. The molecule has 0 spiro atoms. The number of anilines is 1. The fourth-order valence-electron chi connectivity index (χ4n) is 6.21. The van der Waals surface area contributed by atoms with Crippen LogP contribution in [0.15, 0.2) is 18.2 Å². The van der Waals surface area contributed by atoms with Crippen molar-refractivity contribution < 1.29 is 19.2 Å². The predicted molar refractivity (Wildman–Crippen MR) is 120 cm³/mol. The first-order valence-corrected chi connectivity index (χ1v) is 12.1. The summed E-state index contributed by atoms with van der Waals surface area (Å²) in [5, 5.41) is 5.68. The minimum atomic E-state index is -0.926. The highest BCUT2D eigenvalue weighted by Gasteiger charge is 2.47. The van der Waals surface area contributed by atoms with Gasteiger partial charge in [0.25, 0.3) is 11.8 Å². The van der Waals surface area contributed by atoms with Crippen LogP contribution in [0.2, 0.25) is 0 Å². The number of imide groups is 2. The number of fused-ring (bicyclic) bond motifs is 3. The van der Waals surface area contributed by atoms with Gasteiger partial charge < -0.3 is 10.2 Å². The number of hydrogen-bond acceptors (Lipinski definition) is 7. The van der Waals surface area contributed by atoms with E-state index >= 15 is 0 Å². The molecular weight excluding hydrogens is 422 g/mol. The van der Waals surface area contributed by atoms with E-state index in [1.807, 2.05) is 12.1 Å². The molecule has 2 bridgehead atoms. The van der Waals surface area contributed by atoms with Crippen molar-refractivity contribution in [1.29, 1.82) is 0 Å². The van der Waals surface area contributed by atoms with E-state index in [1.54, 1.807) is 6.07 Å². The van der Waals surface area contributed by atoms with E-state index in [4.69, 9.17) is 0 Å². The second-order valence-corrected chi connectivity index (χ2v) is 10.0. The van der Waals surface area contributed by atoms with Crippen LogP contribution in [-0.4, -0.2) is 84.3 Å². The monoisotopic (exact) mass is 451 g/mol. The smallest absolute Gasteiger partial charge is 0.262 e. The van der Waals surface area contributed by atoms with Gasteiger partial charge in [-0.2, -0.15) is 0 Å². The molecule has 6 heterocycles. The molecule has 5 saturated heterocycles. The molecule has 1 aromatic rings. The lowest BCUT2D eigenvalue weighted by Gasteiger charge is -2.58. The van der Waals surface area contributed by atoms with Gasteiger partial charge >= 0.3 is 0 Å². The molecule has 33 heavy (non-hydrogen) atoms. The lowest BCUT2D eigenvalue weighted by Crippen LogP contribution is -2.69. The summed E-state index contributed by atoms with van der Waals surface area (Å²) in [6.45, 7) is 5.29. The Morgan fingerprint density at radius 2 is 1.64 bits per heavy atom. The van der Waals surface area contributed by atoms with E-state index < -0.39 is 23.8 Å². The molecule has 9 heteroatoms. The lowest BCUT2D eigenvalue weighted by molar-refractivity contribution is -0.136. The third kappa shape index (κ3) is 3.45. The van der Waals surface area contributed by atoms with Crippen LogP contribution in [0.4, 0.5) is 5.69 Å². The van der Waals surface area contributed by atoms with Gasteiger partial charge in [-0.1, -0.05) is 0 Å². The number of hydrogen-bond donors (Lipinski definition) is 2. The van der Waals surface area contributed by atoms with Crippen molar-refractivity contribution in [1.82, 2.24) is 20.4 Å². The minimum absolute atomic E-state index is 0.124. The van der Waals surface area contributed by atoms with Gasteiger partial charge in [0, 0.05) is 43.8 Å². The molecule has 0 radical (unpaired) electrons. The first-order valence-electron chi connectivity index (χ1n) is 12.1. The first-order chi connectivity index (χ1) is 16.0. The summed E-state index contributed by atoms with van der Waals surface area (Å²) in [6, 6.07) is 5.60. The van der Waals surface area contributed by atoms with Gasteiger partial charge in [0.1, 0.15) is 6.04 Å². The summed E-state index contributed by atoms with van der Waals surface area (Å²) in [5.41, 5.74) is 1.65. The number of benzene rings is 1. The van der Waals surface area contributed by atoms with Crippen molar-refractivity contribution in [3.8, 4) is 0 Å². The molecule has 4 amide bonds. The van der Waals surface area contributed by atoms with E-state index in [2.05, 4.69) is 20.4 Å². The van der Waals surface area contributed by atoms with Gasteiger partial charge in [-0.15, -0.1) is 0 Å². The first kappa shape index (κ1) is 20.8. The lowest BCUT2D eigenvalue weighted by atomic mass is 9.84. The molecule has 6 aliphatic rings. The molecule has 2 N–H and O–H groups in total. The van der Waals surface area contributed by atoms with Crippen molar-refractivity contribution in [3.63, 3.8) is 0 Å². The number of amides is 4. The van der Waals surface area contributed by atoms with Crippen LogP contribution in [0.5, 0.6) is 0 Å². The third-order valence-electron chi connectivity index (χ3n) is 8.06. The van der Waals surface area contributed by atoms with Gasteiger partial charge in [-0.05, 0) is 62.9 Å². The van der Waals surface area contributed by atoms with Crippen LogP contribution in [-0.2, 0) is 9.59 Å². The Kier molecular flexibility index (Phi) is 4.99. The standard InChI is InChI=1S/C24H29N5O4/c30-21-4-3-20(22(31)26-21)29-23(32)18-2-1-15(10-19(18)24(29)33)27-12-16-9-17(13-27)28(16)11-14-5-7-25-8-6-14/h1-2,10,14,16-17,20,25H,3-9,11-13H2,(H,26,30,31). The molecule has 3 atom stereocenters. The van der Waals surface area contributed by atoms with Gasteiger partial charge in [-0.3, -0.25) is 34.3 Å². The maximum Gasteiger partial charge on any atom is 0.262 e. The molecule has 5 fully saturated rings. The van der Waals surface area contributed by atoms with Crippen LogP contribution < -0.4 is 15.5 Å². The second-order valence-electron chi connectivity index (χ2n) is 10.0. The van der Waals surface area contributed by atoms with E-state index in [9.17, 15) is 19.2 Å². The Morgan fingerprint density at radius 1 is 0.909 bits per heavy atom. The summed E-state index contributed by atoms with van der Waals surface area (Å²) in [6.07, 6.45) is 4.03. The van der Waals surface area contributed by atoms with E-state index in [0.29, 0.717) is 23.2 Å². The SMILES string of the molecule is O=C1CCC(N2C(=O)c3ccc(N4CC5CC(C4)N5CC4CCNCC4)cc3C2=O)C(=O)N1. The van der Waals surface area contributed by atoms with E-state index in [1.165, 1.54) is 25.8 Å². The summed E-state index contributed by atoms with van der Waals surface area (Å²) in [5.74, 6) is -1.06. The van der Waals surface area contributed by atoms with Gasteiger partial charge in [0.05, 0.1) is 11.1 Å². The molecule has 0 aromatic heterocycles. The van der Waals surface area contributed by atoms with Gasteiger partial charge in [0.2, 0.25) is 11.8 Å². The van der Waals surface area contributed by atoms with Gasteiger partial charge in [-0.25, -0.2) is 0 Å². The quantitative estimate of drug-likeness (QED) is 0.637. The van der Waals surface area contributed by atoms with Gasteiger partial charge in [0.15, 0.2) is 0 Å². The van der Waals surface area contributed by atoms with Crippen molar-refractivity contribution >= 4 is 29.3 Å². The highest BCUT2D eigenvalue weighted by Crippen LogP contribution is 2.37. The Hall–Kier alpha value is -2.78. The van der Waals surface area contributed by atoms with Crippen LogP contribution in [0.3, 0.4) is 0 Å². The van der Waals surface area contributed by atoms with Crippen molar-refractivity contribution in [3.05, 3.63) is 29.3 Å². The number of rotatable bonds is 4. The summed E-state index contributed by atoms with van der Waals surface area (Å²) in [7, 11) is 0. The number of carbonyl (C=O) groups excluding carboxylic acids is 4. The fraction of sp³-hybridized carbons (Fsp3) is 0.583. The fourth-order valence-corrected chi connectivity index (χ4v) is 6.21. The maximum atomic E-state index is 13.1. The minimum Gasteiger partial charge on any atom is -0.368 e. The Morgan fingerprint density at radius 3 is 2.36 bits per heavy atom. The van der Waals surface area contributed by atoms with Crippen molar-refractivity contribution in [2.45, 2.75) is 50.2 Å². The molecule has 174 valence electrons. The van der Waals surface area contributed by atoms with Crippen LogP contribution >= 0.6 is 0 Å².